The molecular formula is C42H70N4O2Sm-2. The van der Waals surface area contributed by atoms with Crippen LogP contribution < -0.4 is 10.2 Å². The Kier molecular flexibility index (Phi) is 16.1. The van der Waals surface area contributed by atoms with Gasteiger partial charge in [-0.2, -0.15) is 0 Å². The van der Waals surface area contributed by atoms with Crippen LogP contribution in [0.3, 0.4) is 0 Å². The Morgan fingerprint density at radius 3 is 1.08 bits per heavy atom. The van der Waals surface area contributed by atoms with E-state index < -0.39 is 0 Å². The van der Waals surface area contributed by atoms with Gasteiger partial charge in [0, 0.05) is 79.7 Å². The zero-order chi connectivity index (χ0) is 36.2. The average molecular weight is 813 g/mol. The monoisotopic (exact) mass is 814 g/mol. The van der Waals surface area contributed by atoms with Crippen molar-refractivity contribution in [2.45, 2.75) is 131 Å². The fourth-order valence-corrected chi connectivity index (χ4v) is 6.59. The minimum atomic E-state index is -0.192. The summed E-state index contributed by atoms with van der Waals surface area (Å²) in [4.78, 5) is 9.88. The SMILES string of the molecule is CN1CCCN(Cc2cc(C(C)(C)C)cc(C(C)(C)C)c2[O-])CCN(C)CCCN(Cc2cc(C(C)(C)C)cc(C(C)(C)C)c2[O-])CC1.[Sm]. The molecule has 2 aromatic carbocycles. The molecule has 7 heteroatoms. The van der Waals surface area contributed by atoms with E-state index in [2.05, 4.69) is 141 Å². The molecule has 0 aliphatic carbocycles. The number of hydrogen-bond donors (Lipinski definition) is 0. The van der Waals surface area contributed by atoms with Crippen LogP contribution in [0.2, 0.25) is 0 Å². The summed E-state index contributed by atoms with van der Waals surface area (Å²) in [6.07, 6.45) is 2.10. The number of nitrogens with zero attached hydrogens (tertiary/aromatic N) is 4. The van der Waals surface area contributed by atoms with Gasteiger partial charge in [-0.15, -0.1) is 11.5 Å². The van der Waals surface area contributed by atoms with Gasteiger partial charge < -0.3 is 20.0 Å². The van der Waals surface area contributed by atoms with Gasteiger partial charge in [0.15, 0.2) is 0 Å². The van der Waals surface area contributed by atoms with Gasteiger partial charge in [0.2, 0.25) is 0 Å². The minimum Gasteiger partial charge on any atom is -0.872 e. The molecule has 0 spiro atoms. The Bertz CT molecular complexity index is 1240. The van der Waals surface area contributed by atoms with E-state index in [0.29, 0.717) is 13.1 Å². The van der Waals surface area contributed by atoms with Crippen molar-refractivity contribution in [3.8, 4) is 11.5 Å². The topological polar surface area (TPSA) is 59.1 Å². The van der Waals surface area contributed by atoms with Crippen LogP contribution in [0.1, 0.15) is 129 Å². The van der Waals surface area contributed by atoms with Crippen LogP contribution in [-0.2, 0) is 34.7 Å². The van der Waals surface area contributed by atoms with Crippen LogP contribution >= 0.6 is 0 Å². The Balaban J connectivity index is 0.00000833. The van der Waals surface area contributed by atoms with Gasteiger partial charge in [-0.1, -0.05) is 107 Å². The van der Waals surface area contributed by atoms with Crippen molar-refractivity contribution < 1.29 is 50.6 Å². The summed E-state index contributed by atoms with van der Waals surface area (Å²) < 4.78 is 0. The van der Waals surface area contributed by atoms with Gasteiger partial charge in [0.25, 0.3) is 0 Å². The first-order valence-electron chi connectivity index (χ1n) is 18.5. The number of benzene rings is 2. The Hall–Kier alpha value is -0.782. The third-order valence-electron chi connectivity index (χ3n) is 10.1. The van der Waals surface area contributed by atoms with E-state index in [1.807, 2.05) is 0 Å². The van der Waals surface area contributed by atoms with Crippen LogP contribution in [0.5, 0.6) is 11.5 Å². The molecule has 3 rings (SSSR count). The molecule has 0 unspecified atom stereocenters. The van der Waals surface area contributed by atoms with Gasteiger partial charge in [0.05, 0.1) is 0 Å². The molecule has 2 aromatic rings. The molecule has 1 heterocycles. The van der Waals surface area contributed by atoms with E-state index in [-0.39, 0.29) is 73.5 Å². The van der Waals surface area contributed by atoms with Gasteiger partial charge in [-0.25, -0.2) is 0 Å². The van der Waals surface area contributed by atoms with Crippen LogP contribution in [0, 0.1) is 40.4 Å². The zero-order valence-corrected chi connectivity index (χ0v) is 36.4. The molecule has 0 atom stereocenters. The molecule has 1 aliphatic rings. The van der Waals surface area contributed by atoms with E-state index in [9.17, 15) is 10.2 Å². The van der Waals surface area contributed by atoms with E-state index in [4.69, 9.17) is 0 Å². The van der Waals surface area contributed by atoms with E-state index in [0.717, 1.165) is 87.5 Å². The number of rotatable bonds is 4. The smallest absolute Gasteiger partial charge is 0.0228 e. The number of likely N-dealkylation sites (N-methyl/N-ethyl adjacent to an activating group) is 2. The zero-order valence-electron chi connectivity index (χ0n) is 33.8. The van der Waals surface area contributed by atoms with Crippen molar-refractivity contribution >= 4 is 0 Å². The maximum Gasteiger partial charge on any atom is 0.0228 e. The molecule has 278 valence electrons. The molecule has 1 fully saturated rings. The molecule has 49 heavy (non-hydrogen) atoms. The standard InChI is InChI=1S/C42H72N4O2.Sm/c1-39(2,3)33-25-31(37(47)35(27-33)41(7,8)9)29-45-19-15-17-44(14)22-24-46(20-16-18-43(13)21-23-45)30-32-26-34(40(4,5)6)28-36(38(32)48)42(10,11)12;/h25-28,47-48H,15-24,29-30H2,1-14H3;/p-2. The fourth-order valence-electron chi connectivity index (χ4n) is 6.59. The predicted octanol–water partition coefficient (Wildman–Crippen LogP) is 6.99. The molecule has 0 amide bonds. The summed E-state index contributed by atoms with van der Waals surface area (Å²) in [5, 5.41) is 27.6. The van der Waals surface area contributed by atoms with Crippen molar-refractivity contribution in [3.05, 3.63) is 57.6 Å². The Morgan fingerprint density at radius 1 is 0.469 bits per heavy atom. The second-order valence-corrected chi connectivity index (χ2v) is 18.9. The summed E-state index contributed by atoms with van der Waals surface area (Å²) in [6, 6.07) is 8.68. The van der Waals surface area contributed by atoms with Gasteiger partial charge >= 0.3 is 0 Å². The third kappa shape index (κ3) is 13.3. The molecule has 0 radical (unpaired) electrons. The number of hydrogen-bond acceptors (Lipinski definition) is 6. The molecule has 0 saturated carbocycles. The van der Waals surface area contributed by atoms with Gasteiger partial charge in [-0.3, -0.25) is 9.80 Å². The van der Waals surface area contributed by atoms with Crippen molar-refractivity contribution in [3.63, 3.8) is 0 Å². The van der Waals surface area contributed by atoms with E-state index >= 15 is 0 Å². The van der Waals surface area contributed by atoms with Crippen molar-refractivity contribution in [1.29, 1.82) is 0 Å². The molecule has 0 bridgehead atoms. The third-order valence-corrected chi connectivity index (χ3v) is 10.1. The first-order valence-corrected chi connectivity index (χ1v) is 18.5. The van der Waals surface area contributed by atoms with Crippen LogP contribution in [0.15, 0.2) is 24.3 Å². The summed E-state index contributed by atoms with van der Waals surface area (Å²) in [5.74, 6) is 0.425. The summed E-state index contributed by atoms with van der Waals surface area (Å²) >= 11 is 0. The molecular weight excluding hydrogens is 743 g/mol. The molecule has 0 N–H and O–H groups in total. The summed E-state index contributed by atoms with van der Waals surface area (Å²) in [5.41, 5.74) is 5.79. The van der Waals surface area contributed by atoms with Crippen LogP contribution in [0.25, 0.3) is 0 Å². The molecule has 0 aromatic heterocycles. The molecule has 6 nitrogen and oxygen atoms in total. The van der Waals surface area contributed by atoms with Gasteiger partial charge in [0.1, 0.15) is 0 Å². The maximum atomic E-state index is 13.8. The first kappa shape index (κ1) is 44.4. The Labute approximate surface area is 334 Å². The Morgan fingerprint density at radius 2 is 0.796 bits per heavy atom. The quantitative estimate of drug-likeness (QED) is 0.332. The maximum absolute atomic E-state index is 13.8. The summed E-state index contributed by atoms with van der Waals surface area (Å²) in [7, 11) is 4.44. The van der Waals surface area contributed by atoms with Crippen molar-refractivity contribution in [1.82, 2.24) is 19.6 Å². The molecule has 1 aliphatic heterocycles. The van der Waals surface area contributed by atoms with E-state index in [1.165, 1.54) is 11.1 Å². The predicted molar refractivity (Wildman–Crippen MR) is 201 cm³/mol. The fraction of sp³-hybridized carbons (Fsp3) is 0.714. The van der Waals surface area contributed by atoms with Crippen molar-refractivity contribution in [2.24, 2.45) is 0 Å². The largest absolute Gasteiger partial charge is 0.872 e. The minimum absolute atomic E-state index is 0. The first-order chi connectivity index (χ1) is 22.0. The van der Waals surface area contributed by atoms with E-state index in [1.54, 1.807) is 0 Å². The normalized spacial score (nSPS) is 18.2. The van der Waals surface area contributed by atoms with Gasteiger partial charge in [-0.05, 0) is 108 Å². The van der Waals surface area contributed by atoms with Crippen LogP contribution in [0.4, 0.5) is 0 Å². The summed E-state index contributed by atoms with van der Waals surface area (Å²) in [6.45, 7) is 35.4. The van der Waals surface area contributed by atoms with Crippen LogP contribution in [-0.4, -0.2) is 86.1 Å². The second kappa shape index (κ2) is 17.8. The van der Waals surface area contributed by atoms with Crippen molar-refractivity contribution in [2.75, 3.05) is 66.5 Å². The average Bonchev–Trinajstić information content (AvgIpc) is 2.93. The molecule has 1 saturated heterocycles. The second-order valence-electron chi connectivity index (χ2n) is 18.9.